The van der Waals surface area contributed by atoms with Crippen molar-refractivity contribution < 1.29 is 4.79 Å². The zero-order chi connectivity index (χ0) is 23.7. The number of aryl methyl sites for hydroxylation is 1. The zero-order valence-electron chi connectivity index (χ0n) is 20.0. The van der Waals surface area contributed by atoms with Crippen molar-refractivity contribution in [1.29, 1.82) is 5.26 Å². The summed E-state index contributed by atoms with van der Waals surface area (Å²) in [5, 5.41) is 10.1. The molecule has 0 spiro atoms. The van der Waals surface area contributed by atoms with E-state index >= 15 is 0 Å². The third-order valence-electron chi connectivity index (χ3n) is 6.12. The van der Waals surface area contributed by atoms with Crippen LogP contribution in [0.2, 0.25) is 5.02 Å². The molecule has 0 amide bonds. The van der Waals surface area contributed by atoms with Gasteiger partial charge in [-0.2, -0.15) is 5.26 Å². The van der Waals surface area contributed by atoms with Crippen LogP contribution in [-0.2, 0) is 18.4 Å². The fourth-order valence-corrected chi connectivity index (χ4v) is 4.83. The van der Waals surface area contributed by atoms with E-state index in [1.807, 2.05) is 6.07 Å². The van der Waals surface area contributed by atoms with Gasteiger partial charge in [-0.05, 0) is 54.9 Å². The largest absolute Gasteiger partial charge is 0.333 e. The molecule has 0 saturated carbocycles. The van der Waals surface area contributed by atoms with Gasteiger partial charge in [0.05, 0.1) is 11.6 Å². The van der Waals surface area contributed by atoms with Crippen molar-refractivity contribution in [3.05, 3.63) is 70.4 Å². The van der Waals surface area contributed by atoms with Gasteiger partial charge in [-0.15, -0.1) is 0 Å². The average molecular weight is 451 g/mol. The van der Waals surface area contributed by atoms with E-state index in [9.17, 15) is 4.79 Å². The summed E-state index contributed by atoms with van der Waals surface area (Å²) in [6, 6.07) is 16.4. The number of hydrogen-bond donors (Lipinski definition) is 0. The van der Waals surface area contributed by atoms with Gasteiger partial charge in [0.1, 0.15) is 6.54 Å². The summed E-state index contributed by atoms with van der Waals surface area (Å²) in [6.07, 6.45) is 8.00. The first-order valence-electron chi connectivity index (χ1n) is 11.6. The number of nitrogens with zero attached hydrogens (tertiary/aromatic N) is 2. The third kappa shape index (κ3) is 6.02. The summed E-state index contributed by atoms with van der Waals surface area (Å²) < 4.78 is 1.73. The lowest BCUT2D eigenvalue weighted by Crippen LogP contribution is -2.23. The normalized spacial score (nSPS) is 11.0. The van der Waals surface area contributed by atoms with Crippen LogP contribution in [0.5, 0.6) is 0 Å². The Bertz CT molecular complexity index is 1080. The molecule has 0 fully saturated rings. The van der Waals surface area contributed by atoms with E-state index < -0.39 is 0 Å². The second-order valence-corrected chi connectivity index (χ2v) is 9.05. The number of hydrogen-bond acceptors (Lipinski definition) is 2. The highest BCUT2D eigenvalue weighted by Crippen LogP contribution is 2.36. The van der Waals surface area contributed by atoms with E-state index in [2.05, 4.69) is 58.0 Å². The van der Waals surface area contributed by atoms with E-state index in [0.29, 0.717) is 16.0 Å². The fourth-order valence-electron chi connectivity index (χ4n) is 4.67. The van der Waals surface area contributed by atoms with E-state index in [1.54, 1.807) is 28.5 Å². The van der Waals surface area contributed by atoms with E-state index in [1.165, 1.54) is 38.2 Å². The maximum absolute atomic E-state index is 11.4. The Hall–Kier alpha value is -2.57. The Labute approximate surface area is 198 Å². The van der Waals surface area contributed by atoms with Crippen LogP contribution in [0, 0.1) is 11.3 Å². The molecule has 2 aromatic carbocycles. The van der Waals surface area contributed by atoms with Crippen LogP contribution in [0.4, 0.5) is 0 Å². The molecule has 32 heavy (non-hydrogen) atoms. The van der Waals surface area contributed by atoms with Crippen LogP contribution in [0.25, 0.3) is 10.9 Å². The van der Waals surface area contributed by atoms with E-state index in [-0.39, 0.29) is 12.3 Å². The highest BCUT2D eigenvalue weighted by molar-refractivity contribution is 6.31. The summed E-state index contributed by atoms with van der Waals surface area (Å²) in [7, 11) is 0. The number of aromatic nitrogens is 1. The quantitative estimate of drug-likeness (QED) is 0.325. The molecule has 3 rings (SSSR count). The van der Waals surface area contributed by atoms with Crippen LogP contribution in [0.3, 0.4) is 0 Å². The number of Topliss-reactive ketones (excluding diaryl/α,β-unsaturated/α-hetero) is 1. The molecule has 1 aromatic heterocycles. The first-order valence-corrected chi connectivity index (χ1v) is 11.9. The van der Waals surface area contributed by atoms with Crippen molar-refractivity contribution >= 4 is 28.3 Å². The number of carbonyl (C=O) groups excluding carboxylic acids is 1. The monoisotopic (exact) mass is 450 g/mol. The molecule has 0 atom stereocenters. The Morgan fingerprint density at radius 3 is 2.31 bits per heavy atom. The number of nitriles is 1. The van der Waals surface area contributed by atoms with Crippen LogP contribution in [0.15, 0.2) is 48.7 Å². The maximum atomic E-state index is 11.4. The third-order valence-corrected chi connectivity index (χ3v) is 6.35. The number of carbonyl (C=O) groups is 1. The van der Waals surface area contributed by atoms with Gasteiger partial charge < -0.3 is 4.57 Å². The molecule has 3 nitrogen and oxygen atoms in total. The predicted molar refractivity (Wildman–Crippen MR) is 136 cm³/mol. The molecule has 0 N–H and O–H groups in total. The minimum Gasteiger partial charge on any atom is -0.333 e. The molecular formula is C28H35ClN2O. The van der Waals surface area contributed by atoms with Gasteiger partial charge in [0.15, 0.2) is 5.78 Å². The van der Waals surface area contributed by atoms with Crippen LogP contribution >= 0.6 is 11.6 Å². The van der Waals surface area contributed by atoms with E-state index in [4.69, 9.17) is 16.9 Å². The summed E-state index contributed by atoms with van der Waals surface area (Å²) in [4.78, 5) is 11.4. The smallest absolute Gasteiger partial charge is 0.161 e. The molecular weight excluding hydrogens is 416 g/mol. The Balaban J connectivity index is 0.000000227. The molecule has 0 radical (unpaired) electrons. The second kappa shape index (κ2) is 11.9. The first kappa shape index (κ1) is 25.7. The van der Waals surface area contributed by atoms with Crippen molar-refractivity contribution in [2.45, 2.75) is 78.7 Å². The molecule has 4 heteroatoms. The molecule has 0 saturated heterocycles. The molecule has 0 bridgehead atoms. The van der Waals surface area contributed by atoms with Crippen molar-refractivity contribution in [3.63, 3.8) is 0 Å². The number of benzene rings is 2. The minimum atomic E-state index is -0.0102. The van der Waals surface area contributed by atoms with Gasteiger partial charge in [0, 0.05) is 22.2 Å². The molecule has 170 valence electrons. The SMILES string of the molecule is CC(=O)c1cn(CC#N)c2cc(Cl)ccc12.CCCC(C)(CCC)c1ccccc1CC. The fraction of sp³-hybridized carbons (Fsp3) is 0.429. The highest BCUT2D eigenvalue weighted by Gasteiger charge is 2.26. The molecule has 0 aliphatic heterocycles. The number of fused-ring (bicyclic) bond motifs is 1. The second-order valence-electron chi connectivity index (χ2n) is 8.62. The van der Waals surface area contributed by atoms with Crippen LogP contribution in [-0.4, -0.2) is 10.4 Å². The average Bonchev–Trinajstić information content (AvgIpc) is 3.13. The minimum absolute atomic E-state index is 0.0102. The molecule has 0 aliphatic carbocycles. The molecule has 0 aliphatic rings. The Kier molecular flexibility index (Phi) is 9.54. The summed E-state index contributed by atoms with van der Waals surface area (Å²) in [6.45, 7) is 11.0. The lowest BCUT2D eigenvalue weighted by atomic mass is 9.73. The predicted octanol–water partition coefficient (Wildman–Crippen LogP) is 8.13. The van der Waals surface area contributed by atoms with Gasteiger partial charge in [-0.25, -0.2) is 0 Å². The molecule has 3 aromatic rings. The van der Waals surface area contributed by atoms with Gasteiger partial charge in [0.2, 0.25) is 0 Å². The van der Waals surface area contributed by atoms with Gasteiger partial charge in [-0.3, -0.25) is 4.79 Å². The van der Waals surface area contributed by atoms with Gasteiger partial charge >= 0.3 is 0 Å². The summed E-state index contributed by atoms with van der Waals surface area (Å²) in [5.74, 6) is -0.0102. The summed E-state index contributed by atoms with van der Waals surface area (Å²) >= 11 is 5.90. The Morgan fingerprint density at radius 1 is 1.09 bits per heavy atom. The van der Waals surface area contributed by atoms with E-state index in [0.717, 1.165) is 17.3 Å². The standard InChI is InChI=1S/C16H26.C12H9ClN2O/c1-5-12-16(4,13-6-2)15-11-9-8-10-14(15)7-3;1-8(16)11-7-15(5-4-14)12-6-9(13)2-3-10(11)12/h8-11H,5-7,12-13H2,1-4H3;2-3,6-7H,5H2,1H3. The first-order chi connectivity index (χ1) is 15.3. The lowest BCUT2D eigenvalue weighted by molar-refractivity contribution is 0.101. The van der Waals surface area contributed by atoms with Crippen molar-refractivity contribution in [1.82, 2.24) is 4.57 Å². The number of ketones is 1. The van der Waals surface area contributed by atoms with Gasteiger partial charge in [-0.1, -0.05) is 82.5 Å². The Morgan fingerprint density at radius 2 is 1.75 bits per heavy atom. The highest BCUT2D eigenvalue weighted by atomic mass is 35.5. The van der Waals surface area contributed by atoms with Crippen LogP contribution < -0.4 is 0 Å². The topological polar surface area (TPSA) is 45.8 Å². The molecule has 1 heterocycles. The van der Waals surface area contributed by atoms with Crippen molar-refractivity contribution in [2.75, 3.05) is 0 Å². The van der Waals surface area contributed by atoms with Crippen LogP contribution in [0.1, 0.15) is 81.8 Å². The molecule has 0 unspecified atom stereocenters. The lowest BCUT2D eigenvalue weighted by Gasteiger charge is -2.31. The number of rotatable bonds is 8. The maximum Gasteiger partial charge on any atom is 0.161 e. The van der Waals surface area contributed by atoms with Gasteiger partial charge in [0.25, 0.3) is 0 Å². The summed E-state index contributed by atoms with van der Waals surface area (Å²) in [5.41, 5.74) is 4.95. The van der Waals surface area contributed by atoms with Crippen molar-refractivity contribution in [3.8, 4) is 6.07 Å². The zero-order valence-corrected chi connectivity index (χ0v) is 20.8. The number of halogens is 1. The van der Waals surface area contributed by atoms with Crippen molar-refractivity contribution in [2.24, 2.45) is 0 Å².